The van der Waals surface area contributed by atoms with Gasteiger partial charge in [0.1, 0.15) is 11.5 Å². The molecule has 25 heavy (non-hydrogen) atoms. The highest BCUT2D eigenvalue weighted by atomic mass is 16.6. The molecule has 1 amide bonds. The molecule has 0 spiro atoms. The van der Waals surface area contributed by atoms with Crippen LogP contribution < -0.4 is 10.1 Å². The van der Waals surface area contributed by atoms with Crippen molar-refractivity contribution in [3.05, 3.63) is 54.0 Å². The summed E-state index contributed by atoms with van der Waals surface area (Å²) in [6.45, 7) is 1.97. The average molecular weight is 342 g/mol. The summed E-state index contributed by atoms with van der Waals surface area (Å²) in [5.74, 6) is 1.48. The number of furan rings is 1. The Morgan fingerprint density at radius 1 is 1.36 bits per heavy atom. The predicted octanol–water partition coefficient (Wildman–Crippen LogP) is 2.92. The quantitative estimate of drug-likeness (QED) is 0.840. The van der Waals surface area contributed by atoms with Crippen LogP contribution in [-0.2, 0) is 16.1 Å². The van der Waals surface area contributed by atoms with E-state index in [-0.39, 0.29) is 11.9 Å². The van der Waals surface area contributed by atoms with Crippen LogP contribution in [0.4, 0.5) is 0 Å². The molecule has 2 atom stereocenters. The molecule has 1 N–H and O–H groups in total. The van der Waals surface area contributed by atoms with Gasteiger partial charge in [0.05, 0.1) is 19.1 Å². The van der Waals surface area contributed by atoms with Gasteiger partial charge in [-0.3, -0.25) is 4.79 Å². The van der Waals surface area contributed by atoms with E-state index in [4.69, 9.17) is 14.0 Å². The molecule has 0 radical (unpaired) electrons. The maximum Gasteiger partial charge on any atom is 0.264 e. The molecule has 1 aromatic carbocycles. The summed E-state index contributed by atoms with van der Waals surface area (Å²) in [6.07, 6.45) is 3.06. The topological polar surface area (TPSA) is 73.1 Å². The van der Waals surface area contributed by atoms with Gasteiger partial charge < -0.3 is 19.3 Å². The zero-order valence-corrected chi connectivity index (χ0v) is 14.4. The van der Waals surface area contributed by atoms with Gasteiger partial charge in [0, 0.05) is 24.4 Å². The van der Waals surface area contributed by atoms with Gasteiger partial charge in [-0.2, -0.15) is 0 Å². The number of para-hydroxylation sites is 1. The number of benzene rings is 1. The summed E-state index contributed by atoms with van der Waals surface area (Å²) in [7, 11) is 1.61. The first-order valence-corrected chi connectivity index (χ1v) is 8.36. The lowest BCUT2D eigenvalue weighted by molar-refractivity contribution is -0.131. The molecule has 0 saturated heterocycles. The lowest BCUT2D eigenvalue weighted by Crippen LogP contribution is -2.40. The number of rotatable bonds is 7. The highest BCUT2D eigenvalue weighted by Gasteiger charge is 2.30. The molecule has 0 bridgehead atoms. The SMILES string of the molecule is COc1ccccc1C1=NO[C@@H](C(=O)N[C@@H](C)CCc2ccco2)C1. The number of hydrogen-bond acceptors (Lipinski definition) is 5. The Morgan fingerprint density at radius 3 is 2.96 bits per heavy atom. The van der Waals surface area contributed by atoms with E-state index in [1.165, 1.54) is 0 Å². The second-order valence-electron chi connectivity index (χ2n) is 6.06. The number of hydrogen-bond donors (Lipinski definition) is 1. The second-order valence-corrected chi connectivity index (χ2v) is 6.06. The van der Waals surface area contributed by atoms with Gasteiger partial charge >= 0.3 is 0 Å². The maximum atomic E-state index is 12.4. The van der Waals surface area contributed by atoms with Gasteiger partial charge in [0.15, 0.2) is 0 Å². The maximum absolute atomic E-state index is 12.4. The van der Waals surface area contributed by atoms with E-state index in [1.54, 1.807) is 13.4 Å². The summed E-state index contributed by atoms with van der Waals surface area (Å²) >= 11 is 0. The number of amides is 1. The van der Waals surface area contributed by atoms with Crippen LogP contribution in [0, 0.1) is 0 Å². The molecule has 2 heterocycles. The Kier molecular flexibility index (Phi) is 5.38. The molecule has 1 aliphatic heterocycles. The normalized spacial score (nSPS) is 17.5. The molecule has 6 heteroatoms. The second kappa shape index (κ2) is 7.88. The van der Waals surface area contributed by atoms with Crippen LogP contribution >= 0.6 is 0 Å². The third-order valence-electron chi connectivity index (χ3n) is 4.17. The molecule has 0 fully saturated rings. The van der Waals surface area contributed by atoms with Crippen LogP contribution in [-0.4, -0.2) is 30.9 Å². The number of ether oxygens (including phenoxy) is 1. The smallest absolute Gasteiger partial charge is 0.264 e. The van der Waals surface area contributed by atoms with Crippen LogP contribution in [0.3, 0.4) is 0 Å². The van der Waals surface area contributed by atoms with E-state index < -0.39 is 6.10 Å². The van der Waals surface area contributed by atoms with Gasteiger partial charge in [-0.15, -0.1) is 0 Å². The minimum Gasteiger partial charge on any atom is -0.496 e. The van der Waals surface area contributed by atoms with Crippen molar-refractivity contribution in [2.75, 3.05) is 7.11 Å². The lowest BCUT2D eigenvalue weighted by Gasteiger charge is -2.15. The van der Waals surface area contributed by atoms with Crippen molar-refractivity contribution in [2.24, 2.45) is 5.16 Å². The third kappa shape index (κ3) is 4.21. The molecule has 2 aromatic rings. The molecular weight excluding hydrogens is 320 g/mol. The molecular formula is C19H22N2O4. The Morgan fingerprint density at radius 2 is 2.20 bits per heavy atom. The summed E-state index contributed by atoms with van der Waals surface area (Å²) in [6, 6.07) is 11.4. The summed E-state index contributed by atoms with van der Waals surface area (Å²) in [4.78, 5) is 17.7. The van der Waals surface area contributed by atoms with Crippen molar-refractivity contribution in [1.29, 1.82) is 0 Å². The van der Waals surface area contributed by atoms with Crippen LogP contribution in [0.15, 0.2) is 52.2 Å². The van der Waals surface area contributed by atoms with E-state index >= 15 is 0 Å². The molecule has 6 nitrogen and oxygen atoms in total. The van der Waals surface area contributed by atoms with Crippen molar-refractivity contribution in [2.45, 2.75) is 38.3 Å². The number of oxime groups is 1. The number of nitrogens with one attached hydrogen (secondary N) is 1. The highest BCUT2D eigenvalue weighted by Crippen LogP contribution is 2.24. The fourth-order valence-electron chi connectivity index (χ4n) is 2.78. The first-order chi connectivity index (χ1) is 12.2. The molecule has 0 unspecified atom stereocenters. The van der Waals surface area contributed by atoms with E-state index in [9.17, 15) is 4.79 Å². The number of carbonyl (C=O) groups is 1. The van der Waals surface area contributed by atoms with E-state index in [2.05, 4.69) is 10.5 Å². The van der Waals surface area contributed by atoms with Crippen molar-refractivity contribution in [3.8, 4) is 5.75 Å². The van der Waals surface area contributed by atoms with Gasteiger partial charge in [0.2, 0.25) is 6.10 Å². The lowest BCUT2D eigenvalue weighted by atomic mass is 10.0. The van der Waals surface area contributed by atoms with E-state index in [0.29, 0.717) is 6.42 Å². The Balaban J connectivity index is 1.51. The van der Waals surface area contributed by atoms with Crippen molar-refractivity contribution >= 4 is 11.6 Å². The summed E-state index contributed by atoms with van der Waals surface area (Å²) in [5, 5.41) is 7.05. The molecule has 132 valence electrons. The number of nitrogens with zero attached hydrogens (tertiary/aromatic N) is 1. The van der Waals surface area contributed by atoms with Crippen molar-refractivity contribution in [3.63, 3.8) is 0 Å². The monoisotopic (exact) mass is 342 g/mol. The number of carbonyl (C=O) groups excluding carboxylic acids is 1. The Hall–Kier alpha value is -2.76. The average Bonchev–Trinajstić information content (AvgIpc) is 3.31. The van der Waals surface area contributed by atoms with Gasteiger partial charge in [-0.25, -0.2) is 0 Å². The van der Waals surface area contributed by atoms with Crippen LogP contribution in [0.5, 0.6) is 5.75 Å². The van der Waals surface area contributed by atoms with Gasteiger partial charge in [-0.05, 0) is 37.6 Å². The molecule has 0 saturated carbocycles. The highest BCUT2D eigenvalue weighted by molar-refractivity contribution is 6.05. The molecule has 1 aromatic heterocycles. The minimum atomic E-state index is -0.606. The summed E-state index contributed by atoms with van der Waals surface area (Å²) < 4.78 is 10.6. The Labute approximate surface area is 146 Å². The fraction of sp³-hybridized carbons (Fsp3) is 0.368. The van der Waals surface area contributed by atoms with E-state index in [1.807, 2.05) is 43.3 Å². The Bertz CT molecular complexity index is 740. The van der Waals surface area contributed by atoms with Crippen LogP contribution in [0.25, 0.3) is 0 Å². The van der Waals surface area contributed by atoms with Crippen LogP contribution in [0.1, 0.15) is 31.1 Å². The summed E-state index contributed by atoms with van der Waals surface area (Å²) in [5.41, 5.74) is 1.58. The van der Waals surface area contributed by atoms with Crippen molar-refractivity contribution in [1.82, 2.24) is 5.32 Å². The fourth-order valence-corrected chi connectivity index (χ4v) is 2.78. The minimum absolute atomic E-state index is 0.0245. The molecule has 0 aliphatic carbocycles. The van der Waals surface area contributed by atoms with Crippen LogP contribution in [0.2, 0.25) is 0 Å². The predicted molar refractivity (Wildman–Crippen MR) is 93.7 cm³/mol. The first kappa shape index (κ1) is 17.1. The number of methoxy groups -OCH3 is 1. The van der Waals surface area contributed by atoms with E-state index in [0.717, 1.165) is 35.6 Å². The van der Waals surface area contributed by atoms with Gasteiger partial charge in [-0.1, -0.05) is 17.3 Å². The van der Waals surface area contributed by atoms with Crippen molar-refractivity contribution < 1.29 is 18.8 Å². The largest absolute Gasteiger partial charge is 0.496 e. The zero-order chi connectivity index (χ0) is 17.6. The van der Waals surface area contributed by atoms with Gasteiger partial charge in [0.25, 0.3) is 5.91 Å². The standard InChI is InChI=1S/C19H22N2O4/c1-13(9-10-14-6-5-11-24-14)20-19(22)18-12-16(21-25-18)15-7-3-4-8-17(15)23-2/h3-8,11,13,18H,9-10,12H2,1-2H3,(H,20,22)/t13-,18+/m0/s1. The molecule has 1 aliphatic rings. The third-order valence-corrected chi connectivity index (χ3v) is 4.17. The first-order valence-electron chi connectivity index (χ1n) is 8.36. The zero-order valence-electron chi connectivity index (χ0n) is 14.4. The molecule has 3 rings (SSSR count). The number of aryl methyl sites for hydroxylation is 1.